The fraction of sp³-hybridized carbons (Fsp3) is 0. The van der Waals surface area contributed by atoms with E-state index in [1.165, 1.54) is 4.70 Å². The molecule has 1 aromatic heterocycles. The van der Waals surface area contributed by atoms with Crippen LogP contribution in [-0.2, 0) is 21.8 Å². The van der Waals surface area contributed by atoms with Gasteiger partial charge in [0.2, 0.25) is 0 Å². The number of benzene rings is 1. The molecule has 52 valence electrons. The van der Waals surface area contributed by atoms with E-state index in [0.717, 1.165) is 5.52 Å². The van der Waals surface area contributed by atoms with Gasteiger partial charge < -0.3 is 0 Å². The van der Waals surface area contributed by atoms with Crippen LogP contribution in [0.3, 0.4) is 0 Å². The molecule has 0 radical (unpaired) electrons. The monoisotopic (exact) mass is 215 g/mol. The maximum absolute atomic E-state index is 8.38. The van der Waals surface area contributed by atoms with Crippen LogP contribution in [0, 0.1) is 0 Å². The third-order valence-corrected chi connectivity index (χ3v) is 2.05. The van der Waals surface area contributed by atoms with Crippen molar-refractivity contribution in [2.75, 3.05) is 0 Å². The zero-order chi connectivity index (χ0) is 8.10. The van der Waals surface area contributed by atoms with E-state index in [1.807, 2.05) is 23.7 Å². The molecule has 2 rings (SSSR count). The summed E-state index contributed by atoms with van der Waals surface area (Å²) < 4.78 is 9.64. The van der Waals surface area contributed by atoms with E-state index in [4.69, 9.17) is 3.57 Å². The van der Waals surface area contributed by atoms with E-state index >= 15 is 0 Å². The molecule has 0 fully saturated rings. The summed E-state index contributed by atoms with van der Waals surface area (Å²) in [5.74, 6) is 0. The third-order valence-electron chi connectivity index (χ3n) is 1.24. The van der Waals surface area contributed by atoms with Crippen molar-refractivity contribution in [3.05, 3.63) is 29.8 Å². The third kappa shape index (κ3) is 1.98. The molecule has 4 heteroatoms. The van der Waals surface area contributed by atoms with Gasteiger partial charge in [-0.25, -0.2) is 4.98 Å². The molecule has 0 bridgehead atoms. The maximum atomic E-state index is 8.38. The first-order valence-electron chi connectivity index (χ1n) is 3.04. The minimum atomic E-state index is 0.125. The first kappa shape index (κ1) is 8.63. The van der Waals surface area contributed by atoms with Gasteiger partial charge in [-0.15, -0.1) is 11.3 Å². The molecular formula is C7H5NOSZn. The molecule has 0 saturated carbocycles. The molecule has 0 N–H and O–H groups in total. The van der Waals surface area contributed by atoms with Crippen LogP contribution >= 0.6 is 11.3 Å². The second kappa shape index (κ2) is 4.42. The number of fused-ring (bicyclic) bond motifs is 1. The summed E-state index contributed by atoms with van der Waals surface area (Å²) in [5.41, 5.74) is 2.97. The molecule has 1 heterocycles. The van der Waals surface area contributed by atoms with E-state index in [2.05, 4.69) is 11.1 Å². The van der Waals surface area contributed by atoms with Gasteiger partial charge in [-0.05, 0) is 12.1 Å². The molecule has 0 amide bonds. The quantitative estimate of drug-likeness (QED) is 0.632. The van der Waals surface area contributed by atoms with Gasteiger partial charge in [-0.2, -0.15) is 0 Å². The molecule has 0 saturated heterocycles. The summed E-state index contributed by atoms with van der Waals surface area (Å²) in [7, 11) is 0. The van der Waals surface area contributed by atoms with E-state index < -0.39 is 0 Å². The standard InChI is InChI=1S/C7H5NS.O.Zn/c1-2-4-7-6(3-1)8-5-9-7;;/h1-5H;;. The van der Waals surface area contributed by atoms with Crippen LogP contribution in [0.5, 0.6) is 0 Å². The van der Waals surface area contributed by atoms with Crippen molar-refractivity contribution >= 4 is 21.6 Å². The van der Waals surface area contributed by atoms with Gasteiger partial charge in [-0.3, -0.25) is 0 Å². The Hall–Kier alpha value is -0.467. The van der Waals surface area contributed by atoms with Gasteiger partial charge in [0.25, 0.3) is 0 Å². The average Bonchev–Trinajstić information content (AvgIpc) is 2.55. The smallest absolute Gasteiger partial charge is 0.0812 e. The van der Waals surface area contributed by atoms with Gasteiger partial charge in [0.05, 0.1) is 15.7 Å². The van der Waals surface area contributed by atoms with Gasteiger partial charge in [-0.1, -0.05) is 12.1 Å². The molecule has 0 atom stereocenters. The number of aromatic nitrogens is 1. The summed E-state index contributed by atoms with van der Waals surface area (Å²) in [4.78, 5) is 4.14. The zero-order valence-corrected chi connectivity index (χ0v) is 9.64. The van der Waals surface area contributed by atoms with E-state index in [-0.39, 0.29) is 18.3 Å². The Balaban J connectivity index is 0.000000281. The van der Waals surface area contributed by atoms with Crippen molar-refractivity contribution < 1.29 is 21.8 Å². The molecule has 11 heavy (non-hydrogen) atoms. The normalized spacial score (nSPS) is 8.91. The van der Waals surface area contributed by atoms with Crippen molar-refractivity contribution in [2.24, 2.45) is 0 Å². The van der Waals surface area contributed by atoms with Crippen molar-refractivity contribution in [1.29, 1.82) is 0 Å². The van der Waals surface area contributed by atoms with Crippen LogP contribution in [0.2, 0.25) is 0 Å². The number of nitrogens with zero attached hydrogens (tertiary/aromatic N) is 1. The molecular weight excluding hydrogens is 212 g/mol. The molecule has 0 unspecified atom stereocenters. The number of hydrogen-bond acceptors (Lipinski definition) is 3. The first-order chi connectivity index (χ1) is 5.47. The van der Waals surface area contributed by atoms with E-state index in [9.17, 15) is 0 Å². The second-order valence-electron chi connectivity index (χ2n) is 1.82. The van der Waals surface area contributed by atoms with Crippen LogP contribution in [0.4, 0.5) is 0 Å². The number of rotatable bonds is 0. The Morgan fingerprint density at radius 1 is 1.27 bits per heavy atom. The number of para-hydroxylation sites is 1. The first-order valence-corrected chi connectivity index (χ1v) is 5.13. The Morgan fingerprint density at radius 3 is 2.73 bits per heavy atom. The van der Waals surface area contributed by atoms with Gasteiger partial charge >= 0.3 is 21.8 Å². The van der Waals surface area contributed by atoms with E-state index in [1.54, 1.807) is 11.3 Å². The Morgan fingerprint density at radius 2 is 2.00 bits per heavy atom. The molecule has 2 nitrogen and oxygen atoms in total. The van der Waals surface area contributed by atoms with Crippen LogP contribution < -0.4 is 0 Å². The fourth-order valence-electron chi connectivity index (χ4n) is 0.803. The molecule has 0 spiro atoms. The molecule has 0 aliphatic heterocycles. The van der Waals surface area contributed by atoms with Crippen LogP contribution in [0.25, 0.3) is 10.2 Å². The van der Waals surface area contributed by atoms with Gasteiger partial charge in [0, 0.05) is 0 Å². The summed E-state index contributed by atoms with van der Waals surface area (Å²) in [5, 5.41) is 0. The molecule has 0 aliphatic carbocycles. The molecule has 0 aliphatic rings. The van der Waals surface area contributed by atoms with Crippen molar-refractivity contribution in [3.63, 3.8) is 0 Å². The van der Waals surface area contributed by atoms with Crippen molar-refractivity contribution in [2.45, 2.75) is 0 Å². The second-order valence-corrected chi connectivity index (χ2v) is 2.71. The minimum absolute atomic E-state index is 0.125. The van der Waals surface area contributed by atoms with Crippen molar-refractivity contribution in [3.8, 4) is 0 Å². The number of hydrogen-bond donors (Lipinski definition) is 0. The topological polar surface area (TPSA) is 30.0 Å². The predicted molar refractivity (Wildman–Crippen MR) is 40.3 cm³/mol. The minimum Gasteiger partial charge on any atom is -0.245 e. The molecule has 2 aromatic rings. The maximum Gasteiger partial charge on any atom is 0.0812 e. The summed E-state index contributed by atoms with van der Waals surface area (Å²) in [6.07, 6.45) is 0. The molecule has 1 aromatic carbocycles. The van der Waals surface area contributed by atoms with Gasteiger partial charge in [0.1, 0.15) is 0 Å². The Kier molecular flexibility index (Phi) is 3.47. The average molecular weight is 217 g/mol. The predicted octanol–water partition coefficient (Wildman–Crippen LogP) is 2.17. The SMILES string of the molecule is [O]=[Zn].c1ccc2scnc2c1. The zero-order valence-electron chi connectivity index (χ0n) is 5.86. The number of thiazole rings is 1. The van der Waals surface area contributed by atoms with Crippen LogP contribution in [-0.4, -0.2) is 4.98 Å². The van der Waals surface area contributed by atoms with Gasteiger partial charge in [0.15, 0.2) is 0 Å². The van der Waals surface area contributed by atoms with E-state index in [0.29, 0.717) is 0 Å². The summed E-state index contributed by atoms with van der Waals surface area (Å²) >= 11 is 1.80. The van der Waals surface area contributed by atoms with Crippen LogP contribution in [0.1, 0.15) is 0 Å². The van der Waals surface area contributed by atoms with Crippen LogP contribution in [0.15, 0.2) is 29.8 Å². The summed E-state index contributed by atoms with van der Waals surface area (Å²) in [6.45, 7) is 0. The Labute approximate surface area is 78.2 Å². The van der Waals surface area contributed by atoms with Crippen molar-refractivity contribution in [1.82, 2.24) is 4.98 Å². The largest absolute Gasteiger partial charge is 0.245 e. The summed E-state index contributed by atoms with van der Waals surface area (Å²) in [6, 6.07) is 8.13. The Bertz CT molecular complexity index is 305. The fourth-order valence-corrected chi connectivity index (χ4v) is 1.48.